The van der Waals surface area contributed by atoms with Crippen molar-refractivity contribution in [2.45, 2.75) is 43.8 Å². The summed E-state index contributed by atoms with van der Waals surface area (Å²) in [5.74, 6) is 0.873. The number of aromatic nitrogens is 2. The van der Waals surface area contributed by atoms with Crippen molar-refractivity contribution in [2.24, 2.45) is 0 Å². The van der Waals surface area contributed by atoms with Gasteiger partial charge in [0, 0.05) is 31.5 Å². The molecule has 1 unspecified atom stereocenters. The van der Waals surface area contributed by atoms with Gasteiger partial charge in [-0.3, -0.25) is 4.79 Å². The summed E-state index contributed by atoms with van der Waals surface area (Å²) in [6, 6.07) is 10.1. The summed E-state index contributed by atoms with van der Waals surface area (Å²) >= 11 is 0. The average Bonchev–Trinajstić information content (AvgIpc) is 3.30. The van der Waals surface area contributed by atoms with Crippen molar-refractivity contribution in [2.75, 3.05) is 26.3 Å². The maximum absolute atomic E-state index is 12.7. The van der Waals surface area contributed by atoms with E-state index in [1.165, 1.54) is 5.56 Å². The standard InChI is InChI=1S/C22H25N3O3/c26-21(18-7-4-13-27-18)25-11-9-22(10-12-25)19-17(8-14-28-22)15-23-20(24-19)16-5-2-1-3-6-16/h1-3,5-6,15,18H,4,7-14H2. The fraction of sp³-hybridized carbons (Fsp3) is 0.500. The van der Waals surface area contributed by atoms with Crippen LogP contribution >= 0.6 is 0 Å². The van der Waals surface area contributed by atoms with Crippen LogP contribution in [-0.2, 0) is 26.3 Å². The Kier molecular flexibility index (Phi) is 4.61. The van der Waals surface area contributed by atoms with Gasteiger partial charge in [0.25, 0.3) is 5.91 Å². The summed E-state index contributed by atoms with van der Waals surface area (Å²) in [5.41, 5.74) is 2.78. The highest BCUT2D eigenvalue weighted by Gasteiger charge is 2.44. The van der Waals surface area contributed by atoms with Gasteiger partial charge >= 0.3 is 0 Å². The molecule has 3 aliphatic heterocycles. The zero-order valence-electron chi connectivity index (χ0n) is 16.0. The molecule has 0 aliphatic carbocycles. The third kappa shape index (κ3) is 3.10. The van der Waals surface area contributed by atoms with E-state index < -0.39 is 5.60 Å². The van der Waals surface area contributed by atoms with E-state index in [9.17, 15) is 4.79 Å². The monoisotopic (exact) mass is 379 g/mol. The van der Waals surface area contributed by atoms with Gasteiger partial charge in [-0.25, -0.2) is 9.97 Å². The highest BCUT2D eigenvalue weighted by Crippen LogP contribution is 2.41. The summed E-state index contributed by atoms with van der Waals surface area (Å²) < 4.78 is 11.9. The highest BCUT2D eigenvalue weighted by atomic mass is 16.5. The number of nitrogens with zero attached hydrogens (tertiary/aromatic N) is 3. The topological polar surface area (TPSA) is 64.5 Å². The Balaban J connectivity index is 1.39. The molecule has 6 nitrogen and oxygen atoms in total. The molecule has 1 aromatic heterocycles. The number of ether oxygens (including phenoxy) is 2. The molecule has 0 N–H and O–H groups in total. The molecule has 1 amide bonds. The normalized spacial score (nSPS) is 23.6. The SMILES string of the molecule is O=C(C1CCCO1)N1CCC2(CC1)OCCc1cnc(-c3ccccc3)nc12. The molecule has 0 bridgehead atoms. The fourth-order valence-corrected chi connectivity index (χ4v) is 4.58. The van der Waals surface area contributed by atoms with Gasteiger partial charge < -0.3 is 14.4 Å². The summed E-state index contributed by atoms with van der Waals surface area (Å²) in [4.78, 5) is 24.2. The van der Waals surface area contributed by atoms with Crippen LogP contribution in [0, 0.1) is 0 Å². The fourth-order valence-electron chi connectivity index (χ4n) is 4.58. The number of fused-ring (bicyclic) bond motifs is 2. The van der Waals surface area contributed by atoms with Crippen molar-refractivity contribution in [3.8, 4) is 11.4 Å². The van der Waals surface area contributed by atoms with Crippen LogP contribution in [0.4, 0.5) is 0 Å². The van der Waals surface area contributed by atoms with E-state index in [2.05, 4.69) is 4.98 Å². The largest absolute Gasteiger partial charge is 0.368 e. The third-order valence-electron chi connectivity index (χ3n) is 6.17. The van der Waals surface area contributed by atoms with Crippen molar-refractivity contribution in [3.63, 3.8) is 0 Å². The highest BCUT2D eigenvalue weighted by molar-refractivity contribution is 5.81. The van der Waals surface area contributed by atoms with Crippen molar-refractivity contribution >= 4 is 5.91 Å². The molecular weight excluding hydrogens is 354 g/mol. The smallest absolute Gasteiger partial charge is 0.251 e. The first-order valence-corrected chi connectivity index (χ1v) is 10.2. The lowest BCUT2D eigenvalue weighted by Crippen LogP contribution is -2.51. The molecule has 2 fully saturated rings. The van der Waals surface area contributed by atoms with Crippen LogP contribution in [-0.4, -0.2) is 53.2 Å². The lowest BCUT2D eigenvalue weighted by Gasteiger charge is -2.44. The molecule has 0 radical (unpaired) electrons. The number of piperidine rings is 1. The van der Waals surface area contributed by atoms with Gasteiger partial charge in [-0.2, -0.15) is 0 Å². The van der Waals surface area contributed by atoms with Crippen molar-refractivity contribution in [1.82, 2.24) is 14.9 Å². The van der Waals surface area contributed by atoms with E-state index in [1.54, 1.807) is 0 Å². The van der Waals surface area contributed by atoms with Crippen LogP contribution in [0.25, 0.3) is 11.4 Å². The van der Waals surface area contributed by atoms with Crippen LogP contribution in [0.15, 0.2) is 36.5 Å². The molecule has 4 heterocycles. The predicted molar refractivity (Wildman–Crippen MR) is 104 cm³/mol. The Morgan fingerprint density at radius 1 is 1.14 bits per heavy atom. The lowest BCUT2D eigenvalue weighted by atomic mass is 9.83. The minimum absolute atomic E-state index is 0.135. The van der Waals surface area contributed by atoms with Gasteiger partial charge in [0.2, 0.25) is 0 Å². The summed E-state index contributed by atoms with van der Waals surface area (Å²) in [7, 11) is 0. The van der Waals surface area contributed by atoms with E-state index in [-0.39, 0.29) is 12.0 Å². The van der Waals surface area contributed by atoms with Crippen LogP contribution in [0.2, 0.25) is 0 Å². The van der Waals surface area contributed by atoms with Crippen LogP contribution in [0.1, 0.15) is 36.9 Å². The molecule has 1 spiro atoms. The number of amides is 1. The number of hydrogen-bond acceptors (Lipinski definition) is 5. The average molecular weight is 379 g/mol. The Bertz CT molecular complexity index is 857. The number of carbonyl (C=O) groups excluding carboxylic acids is 1. The molecule has 5 rings (SSSR count). The summed E-state index contributed by atoms with van der Waals surface area (Å²) in [5, 5.41) is 0. The molecule has 28 heavy (non-hydrogen) atoms. The number of rotatable bonds is 2. The zero-order chi connectivity index (χ0) is 19.0. The minimum atomic E-state index is -0.409. The van der Waals surface area contributed by atoms with Gasteiger partial charge in [-0.05, 0) is 37.7 Å². The van der Waals surface area contributed by atoms with E-state index in [0.29, 0.717) is 26.3 Å². The Morgan fingerprint density at radius 2 is 1.96 bits per heavy atom. The first-order valence-electron chi connectivity index (χ1n) is 10.2. The van der Waals surface area contributed by atoms with Crippen molar-refractivity contribution < 1.29 is 14.3 Å². The molecule has 0 saturated carbocycles. The van der Waals surface area contributed by atoms with Gasteiger partial charge in [-0.15, -0.1) is 0 Å². The second-order valence-electron chi connectivity index (χ2n) is 7.85. The van der Waals surface area contributed by atoms with Gasteiger partial charge in [0.1, 0.15) is 11.7 Å². The zero-order valence-corrected chi connectivity index (χ0v) is 16.0. The number of hydrogen-bond donors (Lipinski definition) is 0. The van der Waals surface area contributed by atoms with Crippen LogP contribution in [0.5, 0.6) is 0 Å². The summed E-state index contributed by atoms with van der Waals surface area (Å²) in [6.45, 7) is 2.75. The molecule has 2 aromatic rings. The maximum Gasteiger partial charge on any atom is 0.251 e. The predicted octanol–water partition coefficient (Wildman–Crippen LogP) is 2.71. The van der Waals surface area contributed by atoms with Gasteiger partial charge in [-0.1, -0.05) is 30.3 Å². The molecule has 1 aromatic carbocycles. The first-order chi connectivity index (χ1) is 13.8. The second kappa shape index (κ2) is 7.26. The molecule has 2 saturated heterocycles. The first kappa shape index (κ1) is 17.8. The molecule has 1 atom stereocenters. The molecule has 146 valence electrons. The lowest BCUT2D eigenvalue weighted by molar-refractivity contribution is -0.150. The van der Waals surface area contributed by atoms with Crippen molar-refractivity contribution in [3.05, 3.63) is 47.8 Å². The Hall–Kier alpha value is -2.31. The Morgan fingerprint density at radius 3 is 2.71 bits per heavy atom. The second-order valence-corrected chi connectivity index (χ2v) is 7.85. The quantitative estimate of drug-likeness (QED) is 0.803. The minimum Gasteiger partial charge on any atom is -0.368 e. The van der Waals surface area contributed by atoms with E-state index in [1.807, 2.05) is 41.4 Å². The van der Waals surface area contributed by atoms with E-state index in [0.717, 1.165) is 49.2 Å². The van der Waals surface area contributed by atoms with Crippen LogP contribution < -0.4 is 0 Å². The van der Waals surface area contributed by atoms with Gasteiger partial charge in [0.15, 0.2) is 5.82 Å². The van der Waals surface area contributed by atoms with Crippen LogP contribution in [0.3, 0.4) is 0 Å². The van der Waals surface area contributed by atoms with E-state index >= 15 is 0 Å². The number of likely N-dealkylation sites (tertiary alicyclic amines) is 1. The van der Waals surface area contributed by atoms with E-state index in [4.69, 9.17) is 14.5 Å². The molecular formula is C22H25N3O3. The Labute approximate surface area is 164 Å². The number of carbonyl (C=O) groups is 1. The molecule has 6 heteroatoms. The summed E-state index contributed by atoms with van der Waals surface area (Å²) in [6.07, 6.45) is 5.90. The van der Waals surface area contributed by atoms with Gasteiger partial charge in [0.05, 0.1) is 12.3 Å². The maximum atomic E-state index is 12.7. The molecule has 3 aliphatic rings. The third-order valence-corrected chi connectivity index (χ3v) is 6.17. The number of benzene rings is 1. The van der Waals surface area contributed by atoms with Crippen molar-refractivity contribution in [1.29, 1.82) is 0 Å².